The number of aromatic nitrogens is 1. The predicted octanol–water partition coefficient (Wildman–Crippen LogP) is 4.49. The number of hydrogen-bond donors (Lipinski definition) is 0. The number of pyridine rings is 1. The Bertz CT molecular complexity index is 1150. The highest BCUT2D eigenvalue weighted by molar-refractivity contribution is 7.90. The number of carbonyl (C=O) groups excluding carboxylic acids is 1. The van der Waals surface area contributed by atoms with Gasteiger partial charge in [-0.3, -0.25) is 4.98 Å². The fraction of sp³-hybridized carbons (Fsp3) is 0.520. The number of ether oxygens (including phenoxy) is 2. The number of benzene rings is 1. The number of likely N-dealkylation sites (tertiary alicyclic amines) is 1. The first-order valence-corrected chi connectivity index (χ1v) is 13.2. The Kier molecular flexibility index (Phi) is 5.93. The van der Waals surface area contributed by atoms with Crippen molar-refractivity contribution in [1.29, 1.82) is 0 Å². The Labute approximate surface area is 196 Å². The van der Waals surface area contributed by atoms with Crippen molar-refractivity contribution in [3.05, 3.63) is 42.1 Å². The molecule has 1 unspecified atom stereocenters. The maximum atomic E-state index is 12.4. The third-order valence-corrected chi connectivity index (χ3v) is 7.55. The summed E-state index contributed by atoms with van der Waals surface area (Å²) in [5.41, 5.74) is 1.92. The van der Waals surface area contributed by atoms with Gasteiger partial charge in [0.15, 0.2) is 9.84 Å². The number of fused-ring (bicyclic) bond motifs is 1. The molecule has 2 aliphatic rings. The Hall–Kier alpha value is -2.61. The Morgan fingerprint density at radius 2 is 1.82 bits per heavy atom. The molecule has 2 aromatic rings. The summed E-state index contributed by atoms with van der Waals surface area (Å²) in [6, 6.07) is 8.82. The van der Waals surface area contributed by atoms with E-state index in [0.29, 0.717) is 23.9 Å². The zero-order chi connectivity index (χ0) is 24.0. The first-order valence-electron chi connectivity index (χ1n) is 11.3. The lowest BCUT2D eigenvalue weighted by atomic mass is 9.79. The van der Waals surface area contributed by atoms with Crippen molar-refractivity contribution in [2.45, 2.75) is 63.1 Å². The van der Waals surface area contributed by atoms with Crippen LogP contribution >= 0.6 is 0 Å². The number of hydrogen-bond acceptors (Lipinski definition) is 6. The van der Waals surface area contributed by atoms with Gasteiger partial charge in [-0.2, -0.15) is 0 Å². The molecule has 7 nitrogen and oxygen atoms in total. The molecule has 0 saturated carbocycles. The van der Waals surface area contributed by atoms with Crippen molar-refractivity contribution in [2.75, 3.05) is 19.3 Å². The summed E-state index contributed by atoms with van der Waals surface area (Å²) < 4.78 is 35.3. The molecule has 1 aromatic carbocycles. The van der Waals surface area contributed by atoms with Crippen LogP contribution < -0.4 is 4.74 Å². The van der Waals surface area contributed by atoms with Gasteiger partial charge in [-0.25, -0.2) is 13.2 Å². The summed E-state index contributed by atoms with van der Waals surface area (Å²) >= 11 is 0. The number of carbonyl (C=O) groups is 1. The van der Waals surface area contributed by atoms with E-state index in [9.17, 15) is 13.2 Å². The van der Waals surface area contributed by atoms with Crippen LogP contribution in [0, 0.1) is 5.92 Å². The highest BCUT2D eigenvalue weighted by Crippen LogP contribution is 2.43. The van der Waals surface area contributed by atoms with Gasteiger partial charge in [0.1, 0.15) is 17.0 Å². The van der Waals surface area contributed by atoms with Gasteiger partial charge >= 0.3 is 6.09 Å². The summed E-state index contributed by atoms with van der Waals surface area (Å²) in [7, 11) is -3.23. The average molecular weight is 473 g/mol. The van der Waals surface area contributed by atoms with Gasteiger partial charge in [0, 0.05) is 42.8 Å². The second-order valence-corrected chi connectivity index (χ2v) is 12.3. The van der Waals surface area contributed by atoms with E-state index in [0.717, 1.165) is 41.8 Å². The number of piperidine rings is 1. The number of nitrogens with zero attached hydrogens (tertiary/aromatic N) is 2. The second kappa shape index (κ2) is 8.31. The van der Waals surface area contributed by atoms with Gasteiger partial charge in [-0.1, -0.05) is 12.1 Å². The molecule has 178 valence electrons. The molecular weight excluding hydrogens is 440 g/mol. The van der Waals surface area contributed by atoms with Crippen LogP contribution in [-0.4, -0.2) is 54.9 Å². The van der Waals surface area contributed by atoms with Gasteiger partial charge in [-0.05, 0) is 58.7 Å². The van der Waals surface area contributed by atoms with E-state index in [1.807, 2.05) is 26.8 Å². The molecule has 8 heteroatoms. The van der Waals surface area contributed by atoms with E-state index < -0.39 is 15.4 Å². The first kappa shape index (κ1) is 23.5. The van der Waals surface area contributed by atoms with Crippen LogP contribution in [0.3, 0.4) is 0 Å². The summed E-state index contributed by atoms with van der Waals surface area (Å²) in [4.78, 5) is 19.0. The molecule has 0 radical (unpaired) electrons. The fourth-order valence-electron chi connectivity index (χ4n) is 4.64. The first-order chi connectivity index (χ1) is 15.3. The molecule has 0 spiro atoms. The van der Waals surface area contributed by atoms with Crippen LogP contribution in [0.5, 0.6) is 5.75 Å². The second-order valence-electron chi connectivity index (χ2n) is 10.3. The van der Waals surface area contributed by atoms with Gasteiger partial charge in [0.05, 0.1) is 16.8 Å². The van der Waals surface area contributed by atoms with Gasteiger partial charge in [0.25, 0.3) is 0 Å². The minimum absolute atomic E-state index is 0.252. The van der Waals surface area contributed by atoms with E-state index in [1.165, 1.54) is 6.26 Å². The van der Waals surface area contributed by atoms with Crippen LogP contribution in [0.4, 0.5) is 4.79 Å². The molecule has 1 amide bonds. The van der Waals surface area contributed by atoms with Crippen molar-refractivity contribution in [1.82, 2.24) is 9.88 Å². The molecule has 1 atom stereocenters. The van der Waals surface area contributed by atoms with Crippen LogP contribution in [0.2, 0.25) is 0 Å². The zero-order valence-electron chi connectivity index (χ0n) is 19.9. The van der Waals surface area contributed by atoms with Gasteiger partial charge < -0.3 is 14.4 Å². The summed E-state index contributed by atoms with van der Waals surface area (Å²) in [5, 5.41) is 0. The van der Waals surface area contributed by atoms with Crippen molar-refractivity contribution < 1.29 is 22.7 Å². The summed E-state index contributed by atoms with van der Waals surface area (Å²) in [5.74, 6) is 1.12. The Morgan fingerprint density at radius 3 is 2.39 bits per heavy atom. The van der Waals surface area contributed by atoms with Gasteiger partial charge in [-0.15, -0.1) is 0 Å². The normalized spacial score (nSPS) is 21.4. The number of amides is 1. The molecule has 1 aromatic heterocycles. The summed E-state index contributed by atoms with van der Waals surface area (Å²) in [6.07, 6.45) is 5.20. The lowest BCUT2D eigenvalue weighted by molar-refractivity contribution is -0.00829. The molecule has 1 saturated heterocycles. The van der Waals surface area contributed by atoms with Crippen LogP contribution in [0.15, 0.2) is 41.4 Å². The van der Waals surface area contributed by atoms with E-state index in [2.05, 4.69) is 11.9 Å². The highest BCUT2D eigenvalue weighted by atomic mass is 32.2. The average Bonchev–Trinajstić information content (AvgIpc) is 3.08. The quantitative estimate of drug-likeness (QED) is 0.654. The molecule has 3 heterocycles. The topological polar surface area (TPSA) is 85.8 Å². The van der Waals surface area contributed by atoms with E-state index in [-0.39, 0.29) is 11.7 Å². The smallest absolute Gasteiger partial charge is 0.410 e. The molecule has 0 N–H and O–H groups in total. The molecule has 2 aliphatic heterocycles. The largest absolute Gasteiger partial charge is 0.485 e. The van der Waals surface area contributed by atoms with Crippen molar-refractivity contribution >= 4 is 15.9 Å². The molecule has 0 bridgehead atoms. The lowest BCUT2D eigenvalue weighted by Gasteiger charge is -2.40. The molecule has 4 rings (SSSR count). The molecule has 1 fully saturated rings. The number of sulfone groups is 1. The van der Waals surface area contributed by atoms with E-state index in [4.69, 9.17) is 9.47 Å². The summed E-state index contributed by atoms with van der Waals surface area (Å²) in [6.45, 7) is 9.09. The zero-order valence-corrected chi connectivity index (χ0v) is 20.7. The van der Waals surface area contributed by atoms with Crippen LogP contribution in [0.1, 0.15) is 46.1 Å². The third kappa shape index (κ3) is 5.16. The standard InChI is InChI=1S/C25H32N2O5S/c1-24(2,3)32-23(28)27-12-10-19(11-13-27)25(4)15-18-14-21(26-16-22(18)31-25)17-6-8-20(9-7-17)33(5,29)30/h6-9,14,16,19H,10-13,15H2,1-5H3. The SMILES string of the molecule is CC(C)(C)OC(=O)N1CCC(C2(C)Cc3cc(-c4ccc(S(C)(=O)=O)cc4)ncc3O2)CC1. The van der Waals surface area contributed by atoms with E-state index in [1.54, 1.807) is 35.4 Å². The van der Waals surface area contributed by atoms with Crippen molar-refractivity contribution in [2.24, 2.45) is 5.92 Å². The highest BCUT2D eigenvalue weighted by Gasteiger charge is 2.44. The maximum Gasteiger partial charge on any atom is 0.410 e. The number of rotatable bonds is 3. The Balaban J connectivity index is 1.43. The maximum absolute atomic E-state index is 12.4. The minimum atomic E-state index is -3.23. The lowest BCUT2D eigenvalue weighted by Crippen LogP contribution is -2.48. The fourth-order valence-corrected chi connectivity index (χ4v) is 5.27. The van der Waals surface area contributed by atoms with Crippen LogP contribution in [0.25, 0.3) is 11.3 Å². The Morgan fingerprint density at radius 1 is 1.18 bits per heavy atom. The van der Waals surface area contributed by atoms with E-state index >= 15 is 0 Å². The monoisotopic (exact) mass is 472 g/mol. The van der Waals surface area contributed by atoms with Crippen LogP contribution in [-0.2, 0) is 21.0 Å². The molecular formula is C25H32N2O5S. The van der Waals surface area contributed by atoms with Gasteiger partial charge in [0.2, 0.25) is 0 Å². The third-order valence-electron chi connectivity index (χ3n) is 6.42. The van der Waals surface area contributed by atoms with Crippen molar-refractivity contribution in [3.63, 3.8) is 0 Å². The minimum Gasteiger partial charge on any atom is -0.485 e. The van der Waals surface area contributed by atoms with Crippen molar-refractivity contribution in [3.8, 4) is 17.0 Å². The molecule has 33 heavy (non-hydrogen) atoms. The molecule has 0 aliphatic carbocycles. The predicted molar refractivity (Wildman–Crippen MR) is 126 cm³/mol.